The Balaban J connectivity index is 1.57. The van der Waals surface area contributed by atoms with Crippen molar-refractivity contribution in [3.05, 3.63) is 93.9 Å². The van der Waals surface area contributed by atoms with Crippen molar-refractivity contribution in [3.63, 3.8) is 0 Å². The number of aliphatic hydroxyl groups excluding tert-OH is 1. The van der Waals surface area contributed by atoms with Crippen LogP contribution in [0.4, 0.5) is 4.79 Å². The van der Waals surface area contributed by atoms with Crippen LogP contribution in [-0.4, -0.2) is 129 Å². The van der Waals surface area contributed by atoms with Crippen LogP contribution >= 0.6 is 0 Å². The molecule has 2 bridgehead atoms. The Morgan fingerprint density at radius 2 is 1.72 bits per heavy atom. The number of piperazine rings is 1. The third kappa shape index (κ3) is 12.9. The third-order valence-electron chi connectivity index (χ3n) is 10.9. The smallest absolute Gasteiger partial charge is 0.409 e. The molecule has 0 spiro atoms. The van der Waals surface area contributed by atoms with E-state index in [0.717, 1.165) is 37.7 Å². The number of aliphatic hydroxyl groups is 1. The number of carbonyl (C=O) groups excluding carboxylic acids is 6. The number of nitrogens with one attached hydrogen (secondary N) is 3. The summed E-state index contributed by atoms with van der Waals surface area (Å²) in [6, 6.07) is 6.34. The normalized spacial score (nSPS) is 27.4. The fourth-order valence-electron chi connectivity index (χ4n) is 7.39. The highest BCUT2D eigenvalue weighted by molar-refractivity contribution is 6.24. The molecule has 0 unspecified atom stereocenters. The summed E-state index contributed by atoms with van der Waals surface area (Å²) in [4.78, 5) is 86.8. The van der Waals surface area contributed by atoms with Crippen LogP contribution in [-0.2, 0) is 44.6 Å². The molecule has 1 aromatic rings. The first-order valence-corrected chi connectivity index (χ1v) is 20.2. The molecule has 6 atom stereocenters. The number of fused-ring (bicyclic) bond motifs is 2. The Hall–Kier alpha value is -5.26. The number of rotatable bonds is 11. The van der Waals surface area contributed by atoms with Gasteiger partial charge >= 0.3 is 12.6 Å². The van der Waals surface area contributed by atoms with Gasteiger partial charge in [-0.1, -0.05) is 55.9 Å². The van der Waals surface area contributed by atoms with Crippen LogP contribution in [0.5, 0.6) is 0 Å². The van der Waals surface area contributed by atoms with Gasteiger partial charge in [0, 0.05) is 75.6 Å². The van der Waals surface area contributed by atoms with Gasteiger partial charge in [0.25, 0.3) is 11.8 Å². The van der Waals surface area contributed by atoms with Crippen LogP contribution in [0.25, 0.3) is 0 Å². The lowest BCUT2D eigenvalue weighted by Crippen LogP contribution is -2.49. The van der Waals surface area contributed by atoms with E-state index < -0.39 is 53.7 Å². The molecule has 4 N–H and O–H groups in total. The summed E-state index contributed by atoms with van der Waals surface area (Å²) >= 11 is 0. The van der Waals surface area contributed by atoms with Crippen molar-refractivity contribution in [2.75, 3.05) is 53.6 Å². The van der Waals surface area contributed by atoms with E-state index in [9.17, 15) is 33.9 Å². The van der Waals surface area contributed by atoms with E-state index in [0.29, 0.717) is 25.3 Å². The third-order valence-corrected chi connectivity index (χ3v) is 10.9. The van der Waals surface area contributed by atoms with E-state index in [4.69, 9.17) is 19.0 Å². The molecule has 1 aliphatic carbocycles. The number of ether oxygens (including phenoxy) is 3. The minimum atomic E-state index is -1.01. The molecule has 3 aliphatic rings. The lowest BCUT2D eigenvalue weighted by atomic mass is 9.85. The fourth-order valence-corrected chi connectivity index (χ4v) is 7.39. The second-order valence-electron chi connectivity index (χ2n) is 15.3. The van der Waals surface area contributed by atoms with Crippen molar-refractivity contribution >= 4 is 35.9 Å². The second kappa shape index (κ2) is 22.9. The summed E-state index contributed by atoms with van der Waals surface area (Å²) in [6.07, 6.45) is 5.83. The van der Waals surface area contributed by atoms with Gasteiger partial charge in [-0.05, 0) is 63.6 Å². The average molecular weight is 834 g/mol. The van der Waals surface area contributed by atoms with Gasteiger partial charge in [-0.2, -0.15) is 0 Å². The van der Waals surface area contributed by atoms with Crippen LogP contribution in [0, 0.1) is 11.8 Å². The number of hydroxylamine groups is 1. The summed E-state index contributed by atoms with van der Waals surface area (Å²) in [5.41, 5.74) is 4.43. The van der Waals surface area contributed by atoms with Crippen LogP contribution in [0.2, 0.25) is 0 Å². The highest BCUT2D eigenvalue weighted by Crippen LogP contribution is 2.29. The summed E-state index contributed by atoms with van der Waals surface area (Å²) in [7, 11) is 2.94. The van der Waals surface area contributed by atoms with E-state index in [1.54, 1.807) is 43.0 Å². The van der Waals surface area contributed by atoms with Gasteiger partial charge in [-0.3, -0.25) is 28.9 Å². The van der Waals surface area contributed by atoms with E-state index in [1.807, 2.05) is 32.1 Å². The minimum absolute atomic E-state index is 0.0120. The number of hydrogen-bond donors (Lipinski definition) is 4. The maximum Gasteiger partial charge on any atom is 0.409 e. The van der Waals surface area contributed by atoms with Gasteiger partial charge in [0.1, 0.15) is 0 Å². The Labute approximate surface area is 351 Å². The van der Waals surface area contributed by atoms with Gasteiger partial charge in [-0.15, -0.1) is 5.48 Å². The zero-order valence-electron chi connectivity index (χ0n) is 35.5. The van der Waals surface area contributed by atoms with E-state index in [1.165, 1.54) is 27.2 Å². The average Bonchev–Trinajstić information content (AvgIpc) is 3.24. The number of Topliss-reactive ketones (excluding diaryl/α,β-unsaturated/α-hetero) is 1. The minimum Gasteiger partial charge on any atom is -0.450 e. The summed E-state index contributed by atoms with van der Waals surface area (Å²) in [5.74, 6) is -3.33. The first-order valence-electron chi connectivity index (χ1n) is 20.2. The number of ketones is 2. The molecule has 2 aliphatic heterocycles. The van der Waals surface area contributed by atoms with Crippen LogP contribution in [0.15, 0.2) is 82.8 Å². The number of carbonyl (C=O) groups is 6. The van der Waals surface area contributed by atoms with Crippen molar-refractivity contribution in [2.24, 2.45) is 11.8 Å². The maximum absolute atomic E-state index is 14.1. The number of benzene rings is 1. The lowest BCUT2D eigenvalue weighted by molar-refractivity contribution is -0.138. The van der Waals surface area contributed by atoms with Crippen LogP contribution in [0.3, 0.4) is 0 Å². The maximum atomic E-state index is 14.1. The van der Waals surface area contributed by atoms with Crippen molar-refractivity contribution in [2.45, 2.75) is 78.2 Å². The second-order valence-corrected chi connectivity index (χ2v) is 15.3. The lowest BCUT2D eigenvalue weighted by Gasteiger charge is -2.34. The largest absolute Gasteiger partial charge is 0.450 e. The first kappa shape index (κ1) is 47.4. The zero-order chi connectivity index (χ0) is 43.9. The van der Waals surface area contributed by atoms with E-state index in [2.05, 4.69) is 21.0 Å². The predicted octanol–water partition coefficient (Wildman–Crippen LogP) is 3.09. The van der Waals surface area contributed by atoms with Crippen molar-refractivity contribution in [1.29, 1.82) is 0 Å². The number of hydrogen-bond acceptors (Lipinski definition) is 13. The Morgan fingerprint density at radius 1 is 1.02 bits per heavy atom. The number of nitrogens with zero attached hydrogens (tertiary/aromatic N) is 2. The van der Waals surface area contributed by atoms with Gasteiger partial charge in [-0.25, -0.2) is 4.79 Å². The zero-order valence-corrected chi connectivity index (χ0v) is 35.5. The van der Waals surface area contributed by atoms with Crippen LogP contribution in [0.1, 0.15) is 63.4 Å². The molecule has 2 heterocycles. The molecule has 3 amide bonds. The quantitative estimate of drug-likeness (QED) is 0.110. The number of amides is 3. The molecule has 0 aromatic heterocycles. The molecule has 0 saturated carbocycles. The molecule has 60 heavy (non-hydrogen) atoms. The molecule has 326 valence electrons. The molecular weight excluding hydrogens is 775 g/mol. The molecule has 0 radical (unpaired) electrons. The Bertz CT molecular complexity index is 1880. The summed E-state index contributed by atoms with van der Waals surface area (Å²) < 4.78 is 16.5. The summed E-state index contributed by atoms with van der Waals surface area (Å²) in [6.45, 7) is 12.8. The van der Waals surface area contributed by atoms with Gasteiger partial charge in [0.05, 0.1) is 42.4 Å². The molecule has 4 rings (SSSR count). The van der Waals surface area contributed by atoms with Crippen molar-refractivity contribution in [1.82, 2.24) is 25.9 Å². The molecule has 16 nitrogen and oxygen atoms in total. The number of methoxy groups -OCH3 is 2. The van der Waals surface area contributed by atoms with Crippen molar-refractivity contribution < 1.29 is 52.9 Å². The first-order chi connectivity index (χ1) is 28.7. The monoisotopic (exact) mass is 833 g/mol. The van der Waals surface area contributed by atoms with Gasteiger partial charge in [0.2, 0.25) is 11.6 Å². The highest BCUT2D eigenvalue weighted by Gasteiger charge is 2.34. The molecular formula is C44H59N5O11. The van der Waals surface area contributed by atoms with Gasteiger partial charge in [0.15, 0.2) is 0 Å². The molecule has 1 saturated heterocycles. The van der Waals surface area contributed by atoms with E-state index >= 15 is 0 Å². The van der Waals surface area contributed by atoms with Crippen LogP contribution < -0.4 is 16.1 Å². The molecule has 1 aromatic carbocycles. The fraction of sp³-hybridized carbons (Fsp3) is 0.500. The Morgan fingerprint density at radius 3 is 2.35 bits per heavy atom. The van der Waals surface area contributed by atoms with Gasteiger partial charge < -0.3 is 39.7 Å². The van der Waals surface area contributed by atoms with Crippen molar-refractivity contribution in [3.8, 4) is 0 Å². The van der Waals surface area contributed by atoms with E-state index in [-0.39, 0.29) is 59.4 Å². The summed E-state index contributed by atoms with van der Waals surface area (Å²) in [5, 5.41) is 16.7. The topological polar surface area (TPSA) is 202 Å². The molecule has 16 heteroatoms. The Kier molecular flexibility index (Phi) is 18.1. The SMILES string of the molecule is CCOC(=O)N1CCN(CCc2ccc(C(=O)NC3=C4C[C@@H](C)C[C@H](OC)[C@H](O)[C@@H](C)/C=C(\C)[C@H](NOC=O)[C@@H](OC)/C=C\C=C(/C)C(=O)NC(=CC3=O)C4=O)cc2)CC1. The predicted molar refractivity (Wildman–Crippen MR) is 222 cm³/mol. The number of allylic oxidation sites excluding steroid dienone is 4. The highest BCUT2D eigenvalue weighted by atomic mass is 16.7. The molecule has 1 fully saturated rings. The standard InChI is InChI=1S/C44H59N5O11/c1-8-59-44(56)49-20-18-48(19-21-49)17-16-31-12-14-32(15-13-31)43(55)46-39-33-22-27(2)23-37(58-7)40(52)30(5)24-29(4)38(47-60-26-50)36(57-6)11-9-10-28(3)42(54)45-34(41(33)53)25-35(39)51/h9-15,24-27,30,36-38,40,47,52H,8,16-23H2,1-7H3,(H,45,54)(H,46,55)/b11-9-,28-10+,29-24+/t27-,30+,36+,37+,38+,40-/m1/s1.